The van der Waals surface area contributed by atoms with Gasteiger partial charge in [0, 0.05) is 74.9 Å². The Labute approximate surface area is 204 Å². The van der Waals surface area contributed by atoms with Crippen molar-refractivity contribution in [1.29, 1.82) is 0 Å². The molecule has 7 nitrogen and oxygen atoms in total. The molecule has 1 N–H and O–H groups in total. The quantitative estimate of drug-likeness (QED) is 0.384. The van der Waals surface area contributed by atoms with Crippen molar-refractivity contribution >= 4 is 24.8 Å². The number of hydrogen-bond donors (Lipinski definition) is 1. The van der Waals surface area contributed by atoms with Crippen LogP contribution in [0.25, 0.3) is 22.2 Å². The lowest BCUT2D eigenvalue weighted by Gasteiger charge is -2.47. The maximum Gasteiger partial charge on any atom is 0.144 e. The molecule has 0 bridgehead atoms. The van der Waals surface area contributed by atoms with E-state index in [9.17, 15) is 0 Å². The molecule has 1 atom stereocenters. The lowest BCUT2D eigenvalue weighted by Crippen LogP contribution is -2.59. The molecule has 0 aromatic carbocycles. The molecular formula is C26H38N6OSi. The van der Waals surface area contributed by atoms with Crippen LogP contribution in [0.15, 0.2) is 37.2 Å². The van der Waals surface area contributed by atoms with Crippen molar-refractivity contribution in [2.75, 3.05) is 31.1 Å². The van der Waals surface area contributed by atoms with Crippen LogP contribution in [0.5, 0.6) is 0 Å². The molecule has 2 aliphatic heterocycles. The van der Waals surface area contributed by atoms with Gasteiger partial charge in [-0.2, -0.15) is 0 Å². The molecule has 3 aromatic rings. The summed E-state index contributed by atoms with van der Waals surface area (Å²) in [6, 6.07) is 3.35. The number of nitrogens with zero attached hydrogens (tertiary/aromatic N) is 5. The zero-order valence-corrected chi connectivity index (χ0v) is 21.9. The van der Waals surface area contributed by atoms with Gasteiger partial charge in [0.05, 0.1) is 5.39 Å². The molecule has 0 saturated carbocycles. The third kappa shape index (κ3) is 5.04. The molecule has 5 heterocycles. The second-order valence-corrected chi connectivity index (χ2v) is 16.8. The number of anilines is 1. The van der Waals surface area contributed by atoms with Gasteiger partial charge >= 0.3 is 0 Å². The summed E-state index contributed by atoms with van der Waals surface area (Å²) >= 11 is 0. The zero-order valence-electron chi connectivity index (χ0n) is 20.9. The van der Waals surface area contributed by atoms with Gasteiger partial charge < -0.3 is 19.5 Å². The Morgan fingerprint density at radius 1 is 1.12 bits per heavy atom. The van der Waals surface area contributed by atoms with Crippen LogP contribution in [-0.2, 0) is 11.5 Å². The van der Waals surface area contributed by atoms with Crippen LogP contribution in [0.1, 0.15) is 32.1 Å². The standard InChI is InChI=1S/C26H38N6OSi/c1-34(2,3)14-13-33-20-32-17-22(21-15-27-19-28-16-21)24-23(7-11-29-25(24)32)31-12-6-9-26(18-31)8-4-5-10-30-26/h7,11,15-17,19,30H,4-6,8-10,12-14,18,20H2,1-3H3. The van der Waals surface area contributed by atoms with E-state index in [1.807, 2.05) is 18.6 Å². The minimum Gasteiger partial charge on any atom is -0.369 e. The normalized spacial score (nSPS) is 21.4. The topological polar surface area (TPSA) is 68.1 Å². The first-order valence-electron chi connectivity index (χ1n) is 12.8. The number of piperidine rings is 2. The van der Waals surface area contributed by atoms with Crippen LogP contribution >= 0.6 is 0 Å². The Morgan fingerprint density at radius 2 is 1.94 bits per heavy atom. The first kappa shape index (κ1) is 23.4. The van der Waals surface area contributed by atoms with E-state index in [2.05, 4.69) is 56.7 Å². The van der Waals surface area contributed by atoms with Gasteiger partial charge in [0.15, 0.2) is 0 Å². The third-order valence-corrected chi connectivity index (χ3v) is 9.04. The van der Waals surface area contributed by atoms with Crippen LogP contribution in [0.3, 0.4) is 0 Å². The maximum atomic E-state index is 6.13. The molecule has 2 fully saturated rings. The summed E-state index contributed by atoms with van der Waals surface area (Å²) in [6.45, 7) is 11.7. The summed E-state index contributed by atoms with van der Waals surface area (Å²) in [6.07, 6.45) is 15.9. The smallest absolute Gasteiger partial charge is 0.144 e. The molecule has 34 heavy (non-hydrogen) atoms. The number of ether oxygens (including phenoxy) is 1. The first-order chi connectivity index (χ1) is 16.4. The average molecular weight is 479 g/mol. The van der Waals surface area contributed by atoms with Crippen molar-refractivity contribution in [1.82, 2.24) is 24.8 Å². The highest BCUT2D eigenvalue weighted by Gasteiger charge is 2.37. The van der Waals surface area contributed by atoms with Crippen molar-refractivity contribution in [3.05, 3.63) is 37.2 Å². The average Bonchev–Trinajstić information content (AvgIpc) is 3.21. The van der Waals surface area contributed by atoms with Gasteiger partial charge in [0.25, 0.3) is 0 Å². The first-order valence-corrected chi connectivity index (χ1v) is 16.5. The van der Waals surface area contributed by atoms with Gasteiger partial charge in [-0.15, -0.1) is 0 Å². The zero-order chi connectivity index (χ0) is 23.6. The minimum absolute atomic E-state index is 0.241. The molecule has 182 valence electrons. The molecule has 5 rings (SSSR count). The molecule has 2 aliphatic rings. The van der Waals surface area contributed by atoms with Crippen LogP contribution in [0.2, 0.25) is 25.7 Å². The van der Waals surface area contributed by atoms with Crippen molar-refractivity contribution in [2.24, 2.45) is 0 Å². The van der Waals surface area contributed by atoms with E-state index >= 15 is 0 Å². The van der Waals surface area contributed by atoms with Crippen LogP contribution in [0.4, 0.5) is 5.69 Å². The van der Waals surface area contributed by atoms with E-state index in [4.69, 9.17) is 9.72 Å². The third-order valence-electron chi connectivity index (χ3n) is 7.33. The molecule has 2 saturated heterocycles. The molecule has 1 unspecified atom stereocenters. The van der Waals surface area contributed by atoms with Crippen LogP contribution in [0, 0.1) is 0 Å². The van der Waals surface area contributed by atoms with Crippen molar-refractivity contribution < 1.29 is 4.74 Å². The fraction of sp³-hybridized carbons (Fsp3) is 0.577. The summed E-state index contributed by atoms with van der Waals surface area (Å²) in [7, 11) is -1.13. The van der Waals surface area contributed by atoms with Gasteiger partial charge in [-0.25, -0.2) is 15.0 Å². The second-order valence-electron chi connectivity index (χ2n) is 11.2. The molecule has 0 radical (unpaired) electrons. The van der Waals surface area contributed by atoms with Crippen molar-refractivity contribution in [3.8, 4) is 11.1 Å². The van der Waals surface area contributed by atoms with Crippen LogP contribution in [-0.4, -0.2) is 59.4 Å². The van der Waals surface area contributed by atoms with E-state index in [1.54, 1.807) is 6.33 Å². The largest absolute Gasteiger partial charge is 0.369 e. The lowest BCUT2D eigenvalue weighted by atomic mass is 9.81. The Morgan fingerprint density at radius 3 is 2.71 bits per heavy atom. The molecule has 3 aromatic heterocycles. The van der Waals surface area contributed by atoms with E-state index in [0.717, 1.165) is 49.1 Å². The van der Waals surface area contributed by atoms with E-state index in [-0.39, 0.29) is 5.54 Å². The number of pyridine rings is 1. The van der Waals surface area contributed by atoms with E-state index in [0.29, 0.717) is 6.73 Å². The Balaban J connectivity index is 1.50. The second kappa shape index (κ2) is 9.75. The van der Waals surface area contributed by atoms with E-state index in [1.165, 1.54) is 43.2 Å². The van der Waals surface area contributed by atoms with Gasteiger partial charge in [0.2, 0.25) is 0 Å². The molecule has 0 amide bonds. The predicted molar refractivity (Wildman–Crippen MR) is 141 cm³/mol. The van der Waals surface area contributed by atoms with Crippen molar-refractivity contribution in [2.45, 2.75) is 70.1 Å². The van der Waals surface area contributed by atoms with Gasteiger partial charge in [0.1, 0.15) is 18.7 Å². The highest BCUT2D eigenvalue weighted by molar-refractivity contribution is 6.76. The Hall–Kier alpha value is -2.29. The lowest BCUT2D eigenvalue weighted by molar-refractivity contribution is 0.0899. The Bertz CT molecular complexity index is 1100. The summed E-state index contributed by atoms with van der Waals surface area (Å²) in [5, 5.41) is 5.06. The molecular weight excluding hydrogens is 440 g/mol. The van der Waals surface area contributed by atoms with Gasteiger partial charge in [-0.3, -0.25) is 0 Å². The van der Waals surface area contributed by atoms with Crippen LogP contribution < -0.4 is 10.2 Å². The molecule has 1 spiro atoms. The number of fused-ring (bicyclic) bond motifs is 1. The highest BCUT2D eigenvalue weighted by Crippen LogP contribution is 2.39. The van der Waals surface area contributed by atoms with Crippen molar-refractivity contribution in [3.63, 3.8) is 0 Å². The number of rotatable bonds is 7. The monoisotopic (exact) mass is 478 g/mol. The fourth-order valence-electron chi connectivity index (χ4n) is 5.47. The number of nitrogens with one attached hydrogen (secondary N) is 1. The summed E-state index contributed by atoms with van der Waals surface area (Å²) < 4.78 is 8.29. The summed E-state index contributed by atoms with van der Waals surface area (Å²) in [4.78, 5) is 16.0. The highest BCUT2D eigenvalue weighted by atomic mass is 28.3. The molecule has 0 aliphatic carbocycles. The number of hydrogen-bond acceptors (Lipinski definition) is 6. The summed E-state index contributed by atoms with van der Waals surface area (Å²) in [5.74, 6) is 0. The van der Waals surface area contributed by atoms with E-state index < -0.39 is 8.07 Å². The fourth-order valence-corrected chi connectivity index (χ4v) is 6.23. The minimum atomic E-state index is -1.13. The van der Waals surface area contributed by atoms with Gasteiger partial charge in [-0.1, -0.05) is 26.1 Å². The number of aromatic nitrogens is 4. The molecule has 8 heteroatoms. The maximum absolute atomic E-state index is 6.13. The Kier molecular flexibility index (Phi) is 6.73. The predicted octanol–water partition coefficient (Wildman–Crippen LogP) is 4.92. The SMILES string of the molecule is C[Si](C)(C)CCOCn1cc(-c2cncnc2)c2c(N3CCCC4(CCCCN4)C3)ccnc21. The summed E-state index contributed by atoms with van der Waals surface area (Å²) in [5.41, 5.74) is 4.62. The van der Waals surface area contributed by atoms with Gasteiger partial charge in [-0.05, 0) is 44.3 Å².